The van der Waals surface area contributed by atoms with Gasteiger partial charge in [-0.2, -0.15) is 0 Å². The van der Waals surface area contributed by atoms with Crippen molar-refractivity contribution >= 4 is 16.7 Å². The lowest BCUT2D eigenvalue weighted by Gasteiger charge is -2.57. The standard InChI is InChI=1S/C21H28N2O3/c1-4-25-18-14-21(22,20(18,2)3)19(24)23-12-13-26-17-11-7-9-15-8-5-6-10-16(15)17/h5-11,18H,4,12-14,22H2,1-3H3,(H,23,24). The lowest BCUT2D eigenvalue weighted by Crippen LogP contribution is -2.75. The van der Waals surface area contributed by atoms with Crippen molar-refractivity contribution < 1.29 is 14.3 Å². The molecule has 1 aliphatic carbocycles. The van der Waals surface area contributed by atoms with E-state index in [0.717, 1.165) is 16.5 Å². The minimum Gasteiger partial charge on any atom is -0.491 e. The Morgan fingerprint density at radius 2 is 1.96 bits per heavy atom. The van der Waals surface area contributed by atoms with Gasteiger partial charge >= 0.3 is 0 Å². The van der Waals surface area contributed by atoms with Gasteiger partial charge in [-0.05, 0) is 18.4 Å². The molecule has 2 atom stereocenters. The summed E-state index contributed by atoms with van der Waals surface area (Å²) in [6, 6.07) is 14.0. The molecule has 3 rings (SSSR count). The topological polar surface area (TPSA) is 73.6 Å². The molecule has 0 spiro atoms. The second kappa shape index (κ2) is 7.25. The average molecular weight is 356 g/mol. The molecule has 1 amide bonds. The van der Waals surface area contributed by atoms with Crippen LogP contribution in [-0.4, -0.2) is 37.3 Å². The molecular weight excluding hydrogens is 328 g/mol. The van der Waals surface area contributed by atoms with E-state index in [0.29, 0.717) is 26.2 Å². The van der Waals surface area contributed by atoms with Gasteiger partial charge in [0.1, 0.15) is 17.9 Å². The molecule has 0 aromatic heterocycles. The number of carbonyl (C=O) groups is 1. The number of fused-ring (bicyclic) bond motifs is 1. The van der Waals surface area contributed by atoms with Gasteiger partial charge < -0.3 is 20.5 Å². The maximum Gasteiger partial charge on any atom is 0.240 e. The number of rotatable bonds is 7. The van der Waals surface area contributed by atoms with Crippen LogP contribution in [0.2, 0.25) is 0 Å². The first-order valence-corrected chi connectivity index (χ1v) is 9.19. The number of amides is 1. The SMILES string of the molecule is CCOC1CC(N)(C(=O)NCCOc2cccc3ccccc23)C1(C)C. The molecule has 0 aliphatic heterocycles. The van der Waals surface area contributed by atoms with Crippen LogP contribution in [0, 0.1) is 5.41 Å². The van der Waals surface area contributed by atoms with Crippen LogP contribution < -0.4 is 15.8 Å². The molecule has 0 bridgehead atoms. The van der Waals surface area contributed by atoms with Crippen LogP contribution in [0.25, 0.3) is 10.8 Å². The first kappa shape index (κ1) is 18.7. The van der Waals surface area contributed by atoms with Crippen LogP contribution in [0.5, 0.6) is 5.75 Å². The third-order valence-electron chi connectivity index (χ3n) is 5.63. The lowest BCUT2D eigenvalue weighted by molar-refractivity contribution is -0.170. The average Bonchev–Trinajstić information content (AvgIpc) is 2.64. The van der Waals surface area contributed by atoms with E-state index in [2.05, 4.69) is 17.4 Å². The largest absolute Gasteiger partial charge is 0.491 e. The van der Waals surface area contributed by atoms with E-state index in [1.54, 1.807) is 0 Å². The van der Waals surface area contributed by atoms with Crippen LogP contribution in [0.15, 0.2) is 42.5 Å². The maximum absolute atomic E-state index is 12.6. The van der Waals surface area contributed by atoms with Crippen molar-refractivity contribution in [1.29, 1.82) is 0 Å². The van der Waals surface area contributed by atoms with Gasteiger partial charge in [-0.25, -0.2) is 0 Å². The number of hydrogen-bond acceptors (Lipinski definition) is 4. The van der Waals surface area contributed by atoms with Crippen molar-refractivity contribution in [3.8, 4) is 5.75 Å². The Balaban J connectivity index is 1.53. The van der Waals surface area contributed by atoms with Gasteiger partial charge in [-0.3, -0.25) is 4.79 Å². The van der Waals surface area contributed by atoms with Crippen LogP contribution in [0.3, 0.4) is 0 Å². The monoisotopic (exact) mass is 356 g/mol. The van der Waals surface area contributed by atoms with E-state index in [-0.39, 0.29) is 17.4 Å². The Morgan fingerprint density at radius 1 is 1.23 bits per heavy atom. The van der Waals surface area contributed by atoms with E-state index in [1.807, 2.05) is 51.1 Å². The molecule has 140 valence electrons. The van der Waals surface area contributed by atoms with Gasteiger partial charge in [0.05, 0.1) is 12.6 Å². The highest BCUT2D eigenvalue weighted by Gasteiger charge is 2.62. The van der Waals surface area contributed by atoms with Gasteiger partial charge in [-0.1, -0.05) is 50.2 Å². The van der Waals surface area contributed by atoms with E-state index >= 15 is 0 Å². The minimum atomic E-state index is -0.897. The molecule has 2 aromatic rings. The summed E-state index contributed by atoms with van der Waals surface area (Å²) in [5.74, 6) is 0.681. The third kappa shape index (κ3) is 3.17. The first-order valence-electron chi connectivity index (χ1n) is 9.19. The molecular formula is C21H28N2O3. The van der Waals surface area contributed by atoms with Gasteiger partial charge in [0, 0.05) is 23.8 Å². The van der Waals surface area contributed by atoms with Crippen molar-refractivity contribution in [1.82, 2.24) is 5.32 Å². The molecule has 26 heavy (non-hydrogen) atoms. The Kier molecular flexibility index (Phi) is 5.21. The summed E-state index contributed by atoms with van der Waals surface area (Å²) in [7, 11) is 0. The fourth-order valence-electron chi connectivity index (χ4n) is 3.63. The quantitative estimate of drug-likeness (QED) is 0.748. The molecule has 1 fully saturated rings. The van der Waals surface area contributed by atoms with Crippen molar-refractivity contribution in [2.75, 3.05) is 19.8 Å². The number of nitrogens with one attached hydrogen (secondary N) is 1. The van der Waals surface area contributed by atoms with Crippen LogP contribution in [0.1, 0.15) is 27.2 Å². The van der Waals surface area contributed by atoms with E-state index < -0.39 is 5.54 Å². The molecule has 1 saturated carbocycles. The van der Waals surface area contributed by atoms with E-state index in [1.165, 1.54) is 0 Å². The summed E-state index contributed by atoms with van der Waals surface area (Å²) in [5, 5.41) is 5.12. The zero-order chi connectivity index (χ0) is 18.8. The van der Waals surface area contributed by atoms with Gasteiger partial charge in [0.2, 0.25) is 5.91 Å². The second-order valence-corrected chi connectivity index (χ2v) is 7.42. The van der Waals surface area contributed by atoms with E-state index in [4.69, 9.17) is 15.2 Å². The highest BCUT2D eigenvalue weighted by atomic mass is 16.5. The number of ether oxygens (including phenoxy) is 2. The summed E-state index contributed by atoms with van der Waals surface area (Å²) >= 11 is 0. The van der Waals surface area contributed by atoms with Crippen LogP contribution >= 0.6 is 0 Å². The molecule has 1 aliphatic rings. The summed E-state index contributed by atoms with van der Waals surface area (Å²) in [5.41, 5.74) is 5.10. The minimum absolute atomic E-state index is 0.0233. The number of benzene rings is 2. The molecule has 5 heteroatoms. The fraction of sp³-hybridized carbons (Fsp3) is 0.476. The number of carbonyl (C=O) groups excluding carboxylic acids is 1. The molecule has 2 aromatic carbocycles. The van der Waals surface area contributed by atoms with Gasteiger partial charge in [0.25, 0.3) is 0 Å². The third-order valence-corrected chi connectivity index (χ3v) is 5.63. The second-order valence-electron chi connectivity index (χ2n) is 7.42. The Morgan fingerprint density at radius 3 is 2.69 bits per heavy atom. The van der Waals surface area contributed by atoms with Crippen molar-refractivity contribution in [2.24, 2.45) is 11.1 Å². The first-order chi connectivity index (χ1) is 12.4. The predicted molar refractivity (Wildman–Crippen MR) is 103 cm³/mol. The van der Waals surface area contributed by atoms with Crippen molar-refractivity contribution in [3.05, 3.63) is 42.5 Å². The summed E-state index contributed by atoms with van der Waals surface area (Å²) < 4.78 is 11.5. The Hall–Kier alpha value is -2.11. The maximum atomic E-state index is 12.6. The fourth-order valence-corrected chi connectivity index (χ4v) is 3.63. The normalized spacial score (nSPS) is 24.1. The summed E-state index contributed by atoms with van der Waals surface area (Å²) in [6.45, 7) is 7.37. The van der Waals surface area contributed by atoms with E-state index in [9.17, 15) is 4.79 Å². The van der Waals surface area contributed by atoms with Gasteiger partial charge in [-0.15, -0.1) is 0 Å². The summed E-state index contributed by atoms with van der Waals surface area (Å²) in [6.07, 6.45) is 0.569. The zero-order valence-electron chi connectivity index (χ0n) is 15.7. The van der Waals surface area contributed by atoms with Gasteiger partial charge in [0.15, 0.2) is 0 Å². The highest BCUT2D eigenvalue weighted by Crippen LogP contribution is 2.49. The highest BCUT2D eigenvalue weighted by molar-refractivity contribution is 5.89. The molecule has 0 radical (unpaired) electrons. The molecule has 0 heterocycles. The molecule has 5 nitrogen and oxygen atoms in total. The molecule has 0 saturated heterocycles. The molecule has 3 N–H and O–H groups in total. The zero-order valence-corrected chi connectivity index (χ0v) is 15.7. The Bertz CT molecular complexity index is 784. The Labute approximate surface area is 154 Å². The smallest absolute Gasteiger partial charge is 0.240 e. The lowest BCUT2D eigenvalue weighted by atomic mass is 9.54. The van der Waals surface area contributed by atoms with Crippen LogP contribution in [0.4, 0.5) is 0 Å². The summed E-state index contributed by atoms with van der Waals surface area (Å²) in [4.78, 5) is 12.6. The van der Waals surface area contributed by atoms with Crippen LogP contribution in [-0.2, 0) is 9.53 Å². The predicted octanol–water partition coefficient (Wildman–Crippen LogP) is 2.87. The number of hydrogen-bond donors (Lipinski definition) is 2. The van der Waals surface area contributed by atoms with Crippen molar-refractivity contribution in [2.45, 2.75) is 38.8 Å². The number of nitrogens with two attached hydrogens (primary N) is 1. The van der Waals surface area contributed by atoms with Crippen molar-refractivity contribution in [3.63, 3.8) is 0 Å². The molecule has 2 unspecified atom stereocenters.